The van der Waals surface area contributed by atoms with Crippen molar-refractivity contribution in [2.75, 3.05) is 26.2 Å². The molecule has 20 heavy (non-hydrogen) atoms. The van der Waals surface area contributed by atoms with Crippen LogP contribution in [0.4, 0.5) is 0 Å². The first kappa shape index (κ1) is 15.0. The number of carbonyl (C=O) groups excluding carboxylic acids is 1. The molecule has 0 aromatic heterocycles. The number of hydrogen-bond donors (Lipinski definition) is 1. The number of benzene rings is 1. The molecule has 0 amide bonds. The van der Waals surface area contributed by atoms with Crippen molar-refractivity contribution in [2.24, 2.45) is 11.8 Å². The summed E-state index contributed by atoms with van der Waals surface area (Å²) in [5.41, 5.74) is 0.718. The largest absolute Gasteiger partial charge is 0.488 e. The number of rotatable bonds is 5. The van der Waals surface area contributed by atoms with Crippen LogP contribution in [0.3, 0.4) is 0 Å². The highest BCUT2D eigenvalue weighted by molar-refractivity contribution is 5.94. The van der Waals surface area contributed by atoms with Crippen LogP contribution in [0.1, 0.15) is 37.6 Å². The van der Waals surface area contributed by atoms with Crippen LogP contribution in [0, 0.1) is 11.8 Å². The fourth-order valence-corrected chi connectivity index (χ4v) is 3.24. The number of hydrogen-bond acceptors (Lipinski definition) is 2. The van der Waals surface area contributed by atoms with Gasteiger partial charge in [-0.1, -0.05) is 26.0 Å². The van der Waals surface area contributed by atoms with Crippen molar-refractivity contribution < 1.29 is 14.4 Å². The van der Waals surface area contributed by atoms with Gasteiger partial charge in [-0.2, -0.15) is 0 Å². The molecular weight excluding hydrogens is 250 g/mol. The summed E-state index contributed by atoms with van der Waals surface area (Å²) >= 11 is 0. The molecule has 1 aliphatic rings. The van der Waals surface area contributed by atoms with Gasteiger partial charge in [-0.05, 0) is 25.5 Å². The topological polar surface area (TPSA) is 30.7 Å². The Balaban J connectivity index is 1.81. The normalized spacial score (nSPS) is 26.2. The predicted molar refractivity (Wildman–Crippen MR) is 80.5 cm³/mol. The zero-order chi connectivity index (χ0) is 14.5. The number of quaternary nitrogens is 1. The highest BCUT2D eigenvalue weighted by Gasteiger charge is 2.24. The molecule has 0 aliphatic carbocycles. The molecule has 1 fully saturated rings. The SMILES string of the molecule is CC(=O)c1cccc(OCC[NH+]2C[C@H](C)C[C@@H](C)C2)c1. The third kappa shape index (κ3) is 4.34. The number of ether oxygens (including phenoxy) is 1. The van der Waals surface area contributed by atoms with E-state index in [1.807, 2.05) is 24.3 Å². The van der Waals surface area contributed by atoms with Crippen molar-refractivity contribution in [3.8, 4) is 5.75 Å². The third-order valence-corrected chi connectivity index (χ3v) is 4.04. The monoisotopic (exact) mass is 276 g/mol. The van der Waals surface area contributed by atoms with Gasteiger partial charge in [0.15, 0.2) is 5.78 Å². The van der Waals surface area contributed by atoms with Crippen LogP contribution in [-0.2, 0) is 0 Å². The minimum atomic E-state index is 0.0831. The van der Waals surface area contributed by atoms with Crippen LogP contribution >= 0.6 is 0 Å². The summed E-state index contributed by atoms with van der Waals surface area (Å²) in [5.74, 6) is 2.51. The third-order valence-electron chi connectivity index (χ3n) is 4.04. The Kier molecular flexibility index (Phi) is 5.18. The lowest BCUT2D eigenvalue weighted by Gasteiger charge is -2.31. The van der Waals surface area contributed by atoms with Gasteiger partial charge in [0.05, 0.1) is 13.1 Å². The molecule has 110 valence electrons. The molecule has 0 bridgehead atoms. The lowest BCUT2D eigenvalue weighted by atomic mass is 9.92. The van der Waals surface area contributed by atoms with Crippen molar-refractivity contribution in [1.29, 1.82) is 0 Å². The Morgan fingerprint density at radius 1 is 1.30 bits per heavy atom. The zero-order valence-corrected chi connectivity index (χ0v) is 12.8. The summed E-state index contributed by atoms with van der Waals surface area (Å²) in [5, 5.41) is 0. The van der Waals surface area contributed by atoms with E-state index in [1.54, 1.807) is 11.8 Å². The van der Waals surface area contributed by atoms with Crippen LogP contribution in [0.5, 0.6) is 5.75 Å². The molecule has 1 aromatic rings. The summed E-state index contributed by atoms with van der Waals surface area (Å²) < 4.78 is 5.80. The number of nitrogens with one attached hydrogen (secondary N) is 1. The minimum absolute atomic E-state index is 0.0831. The summed E-state index contributed by atoms with van der Waals surface area (Å²) in [4.78, 5) is 13.0. The van der Waals surface area contributed by atoms with E-state index in [2.05, 4.69) is 13.8 Å². The Morgan fingerprint density at radius 2 is 2.00 bits per heavy atom. The van der Waals surface area contributed by atoms with E-state index in [1.165, 1.54) is 19.5 Å². The fraction of sp³-hybridized carbons (Fsp3) is 0.588. The second kappa shape index (κ2) is 6.89. The van der Waals surface area contributed by atoms with E-state index in [4.69, 9.17) is 4.74 Å². The van der Waals surface area contributed by atoms with Gasteiger partial charge >= 0.3 is 0 Å². The second-order valence-corrected chi connectivity index (χ2v) is 6.29. The van der Waals surface area contributed by atoms with Gasteiger partial charge in [0.1, 0.15) is 18.9 Å². The van der Waals surface area contributed by atoms with Gasteiger partial charge < -0.3 is 9.64 Å². The highest BCUT2D eigenvalue weighted by Crippen LogP contribution is 2.14. The molecular formula is C17H26NO2+. The molecule has 1 N–H and O–H groups in total. The molecule has 1 aliphatic heterocycles. The van der Waals surface area contributed by atoms with Gasteiger partial charge in [0, 0.05) is 17.4 Å². The standard InChI is InChI=1S/C17H25NO2/c1-13-9-14(2)12-18(11-13)7-8-20-17-6-4-5-16(10-17)15(3)19/h4-6,10,13-14H,7-9,11-12H2,1-3H3/p+1/t13-,14-/m1/s1. The van der Waals surface area contributed by atoms with E-state index >= 15 is 0 Å². The first-order chi connectivity index (χ1) is 9.54. The molecule has 0 unspecified atom stereocenters. The predicted octanol–water partition coefficient (Wildman–Crippen LogP) is 1.83. The number of ketones is 1. The average Bonchev–Trinajstić information content (AvgIpc) is 2.38. The van der Waals surface area contributed by atoms with Crippen LogP contribution in [-0.4, -0.2) is 32.0 Å². The van der Waals surface area contributed by atoms with Crippen molar-refractivity contribution in [3.05, 3.63) is 29.8 Å². The van der Waals surface area contributed by atoms with Crippen molar-refractivity contribution >= 4 is 5.78 Å². The molecule has 2 atom stereocenters. The average molecular weight is 276 g/mol. The molecule has 3 heteroatoms. The Hall–Kier alpha value is -1.35. The Morgan fingerprint density at radius 3 is 2.65 bits per heavy atom. The van der Waals surface area contributed by atoms with E-state index in [9.17, 15) is 4.79 Å². The second-order valence-electron chi connectivity index (χ2n) is 6.29. The van der Waals surface area contributed by atoms with E-state index in [-0.39, 0.29) is 5.78 Å². The summed E-state index contributed by atoms with van der Waals surface area (Å²) in [7, 11) is 0. The number of carbonyl (C=O) groups is 1. The zero-order valence-electron chi connectivity index (χ0n) is 12.8. The van der Waals surface area contributed by atoms with E-state index < -0.39 is 0 Å². The molecule has 1 saturated heterocycles. The number of likely N-dealkylation sites (tertiary alicyclic amines) is 1. The summed E-state index contributed by atoms with van der Waals surface area (Å²) in [6.07, 6.45) is 1.35. The molecule has 0 saturated carbocycles. The number of piperidine rings is 1. The van der Waals surface area contributed by atoms with Crippen LogP contribution < -0.4 is 9.64 Å². The summed E-state index contributed by atoms with van der Waals surface area (Å²) in [6, 6.07) is 7.46. The molecule has 2 rings (SSSR count). The molecule has 0 spiro atoms. The molecule has 0 radical (unpaired) electrons. The van der Waals surface area contributed by atoms with Crippen LogP contribution in [0.2, 0.25) is 0 Å². The van der Waals surface area contributed by atoms with Crippen LogP contribution in [0.15, 0.2) is 24.3 Å². The van der Waals surface area contributed by atoms with Gasteiger partial charge in [-0.3, -0.25) is 4.79 Å². The number of Topliss-reactive ketones (excluding diaryl/α,β-unsaturated/α-hetero) is 1. The maximum atomic E-state index is 11.3. The quantitative estimate of drug-likeness (QED) is 0.832. The lowest BCUT2D eigenvalue weighted by Crippen LogP contribution is -3.14. The summed E-state index contributed by atoms with van der Waals surface area (Å²) in [6.45, 7) is 10.5. The van der Waals surface area contributed by atoms with Gasteiger partial charge in [-0.25, -0.2) is 0 Å². The molecule has 1 aromatic carbocycles. The van der Waals surface area contributed by atoms with Gasteiger partial charge in [-0.15, -0.1) is 0 Å². The van der Waals surface area contributed by atoms with Crippen molar-refractivity contribution in [1.82, 2.24) is 0 Å². The molecule has 3 nitrogen and oxygen atoms in total. The van der Waals surface area contributed by atoms with Gasteiger partial charge in [0.25, 0.3) is 0 Å². The maximum absolute atomic E-state index is 11.3. The van der Waals surface area contributed by atoms with Crippen molar-refractivity contribution in [3.63, 3.8) is 0 Å². The first-order valence-electron chi connectivity index (χ1n) is 7.62. The fourth-order valence-electron chi connectivity index (χ4n) is 3.24. The first-order valence-corrected chi connectivity index (χ1v) is 7.62. The van der Waals surface area contributed by atoms with Gasteiger partial charge in [0.2, 0.25) is 0 Å². The lowest BCUT2D eigenvalue weighted by molar-refractivity contribution is -0.912. The van der Waals surface area contributed by atoms with Crippen molar-refractivity contribution in [2.45, 2.75) is 27.2 Å². The Labute approximate surface area is 121 Å². The Bertz CT molecular complexity index is 448. The highest BCUT2D eigenvalue weighted by atomic mass is 16.5. The van der Waals surface area contributed by atoms with E-state index in [0.717, 1.165) is 36.3 Å². The molecule has 1 heterocycles. The van der Waals surface area contributed by atoms with E-state index in [0.29, 0.717) is 0 Å². The smallest absolute Gasteiger partial charge is 0.159 e. The van der Waals surface area contributed by atoms with Crippen LogP contribution in [0.25, 0.3) is 0 Å². The minimum Gasteiger partial charge on any atom is -0.488 e. The maximum Gasteiger partial charge on any atom is 0.159 e.